The van der Waals surface area contributed by atoms with Gasteiger partial charge in [-0.3, -0.25) is 4.79 Å². The van der Waals surface area contributed by atoms with Crippen LogP contribution < -0.4 is 0 Å². The molecule has 4 nitrogen and oxygen atoms in total. The average molecular weight is 319 g/mol. The van der Waals surface area contributed by atoms with Crippen molar-refractivity contribution in [2.75, 3.05) is 6.54 Å². The van der Waals surface area contributed by atoms with E-state index in [9.17, 15) is 14.0 Å². The summed E-state index contributed by atoms with van der Waals surface area (Å²) in [5, 5.41) is 8.92. The number of hydrogen-bond donors (Lipinski definition) is 1. The van der Waals surface area contributed by atoms with Gasteiger partial charge in [-0.05, 0) is 49.8 Å². The van der Waals surface area contributed by atoms with Gasteiger partial charge in [0.15, 0.2) is 0 Å². The fraction of sp³-hybridized carbons (Fsp3) is 0.556. The predicted octanol–water partition coefficient (Wildman–Crippen LogP) is 3.71. The molecule has 0 atom stereocenters. The van der Waals surface area contributed by atoms with E-state index in [1.807, 2.05) is 4.90 Å². The summed E-state index contributed by atoms with van der Waals surface area (Å²) in [5.41, 5.74) is -0.147. The van der Waals surface area contributed by atoms with Gasteiger partial charge in [-0.1, -0.05) is 19.3 Å². The highest BCUT2D eigenvalue weighted by Gasteiger charge is 2.33. The first kappa shape index (κ1) is 16.0. The van der Waals surface area contributed by atoms with Gasteiger partial charge in [-0.2, -0.15) is 0 Å². The third-order valence-electron chi connectivity index (χ3n) is 4.87. The van der Waals surface area contributed by atoms with Crippen LogP contribution in [0.5, 0.6) is 0 Å². The van der Waals surface area contributed by atoms with E-state index in [0.29, 0.717) is 12.5 Å². The molecular formula is C18H22FNO3. The van der Waals surface area contributed by atoms with Gasteiger partial charge in [0.05, 0.1) is 11.1 Å². The molecule has 1 N–H and O–H groups in total. The van der Waals surface area contributed by atoms with Crippen LogP contribution in [0.4, 0.5) is 4.39 Å². The van der Waals surface area contributed by atoms with Crippen LogP contribution in [0.2, 0.25) is 0 Å². The van der Waals surface area contributed by atoms with Crippen molar-refractivity contribution in [2.45, 2.75) is 51.0 Å². The van der Waals surface area contributed by atoms with Crippen molar-refractivity contribution >= 4 is 11.9 Å². The highest BCUT2D eigenvalue weighted by Crippen LogP contribution is 2.33. The Kier molecular flexibility index (Phi) is 4.64. The molecule has 2 fully saturated rings. The molecule has 1 aromatic rings. The zero-order valence-electron chi connectivity index (χ0n) is 13.1. The van der Waals surface area contributed by atoms with Gasteiger partial charge >= 0.3 is 5.97 Å². The van der Waals surface area contributed by atoms with Crippen LogP contribution in [0.3, 0.4) is 0 Å². The second-order valence-corrected chi connectivity index (χ2v) is 6.69. The summed E-state index contributed by atoms with van der Waals surface area (Å²) >= 11 is 0. The zero-order valence-corrected chi connectivity index (χ0v) is 13.1. The topological polar surface area (TPSA) is 57.6 Å². The van der Waals surface area contributed by atoms with E-state index < -0.39 is 11.8 Å². The number of halogens is 1. The van der Waals surface area contributed by atoms with E-state index in [0.717, 1.165) is 44.6 Å². The van der Waals surface area contributed by atoms with E-state index in [1.165, 1.54) is 18.6 Å². The van der Waals surface area contributed by atoms with Crippen LogP contribution in [0, 0.1) is 11.7 Å². The summed E-state index contributed by atoms with van der Waals surface area (Å²) in [6.45, 7) is 0.698. The second-order valence-electron chi connectivity index (χ2n) is 6.69. The molecule has 124 valence electrons. The quantitative estimate of drug-likeness (QED) is 0.900. The zero-order chi connectivity index (χ0) is 16.4. The van der Waals surface area contributed by atoms with Gasteiger partial charge < -0.3 is 10.0 Å². The van der Waals surface area contributed by atoms with Crippen LogP contribution in [-0.2, 0) is 0 Å². The number of carbonyl (C=O) groups is 2. The van der Waals surface area contributed by atoms with E-state index in [1.54, 1.807) is 0 Å². The van der Waals surface area contributed by atoms with Crippen LogP contribution >= 0.6 is 0 Å². The molecule has 0 heterocycles. The maximum atomic E-state index is 14.2. The van der Waals surface area contributed by atoms with Crippen molar-refractivity contribution in [1.82, 2.24) is 4.90 Å². The summed E-state index contributed by atoms with van der Waals surface area (Å²) in [5.74, 6) is -1.68. The molecule has 0 unspecified atom stereocenters. The standard InChI is InChI=1S/C18H22FNO3/c19-16-10-13(18(22)23)8-9-15(16)17(21)20(11-12-6-7-12)14-4-2-1-3-5-14/h8-10,12,14H,1-7,11H2,(H,22,23). The van der Waals surface area contributed by atoms with Gasteiger partial charge in [0.1, 0.15) is 5.82 Å². The molecule has 0 radical (unpaired) electrons. The normalized spacial score (nSPS) is 18.7. The van der Waals surface area contributed by atoms with Gasteiger partial charge in [-0.15, -0.1) is 0 Å². The number of carboxylic acids is 1. The van der Waals surface area contributed by atoms with Crippen molar-refractivity contribution in [2.24, 2.45) is 5.92 Å². The molecule has 1 amide bonds. The number of amides is 1. The van der Waals surface area contributed by atoms with E-state index in [-0.39, 0.29) is 23.1 Å². The molecule has 3 rings (SSSR count). The Balaban J connectivity index is 1.83. The third-order valence-corrected chi connectivity index (χ3v) is 4.87. The second kappa shape index (κ2) is 6.69. The maximum Gasteiger partial charge on any atom is 0.335 e. The Labute approximate surface area is 135 Å². The minimum atomic E-state index is -1.19. The summed E-state index contributed by atoms with van der Waals surface area (Å²) in [6, 6.07) is 3.74. The fourth-order valence-electron chi connectivity index (χ4n) is 3.35. The largest absolute Gasteiger partial charge is 0.478 e. The summed E-state index contributed by atoms with van der Waals surface area (Å²) < 4.78 is 14.2. The van der Waals surface area contributed by atoms with Crippen molar-refractivity contribution in [3.63, 3.8) is 0 Å². The molecular weight excluding hydrogens is 297 g/mol. The number of carbonyl (C=O) groups excluding carboxylic acids is 1. The molecule has 2 aliphatic carbocycles. The van der Waals surface area contributed by atoms with Crippen LogP contribution in [-0.4, -0.2) is 34.5 Å². The van der Waals surface area contributed by atoms with Crippen molar-refractivity contribution in [1.29, 1.82) is 0 Å². The fourth-order valence-corrected chi connectivity index (χ4v) is 3.35. The van der Waals surface area contributed by atoms with E-state index in [4.69, 9.17) is 5.11 Å². The lowest BCUT2D eigenvalue weighted by Crippen LogP contribution is -2.43. The highest BCUT2D eigenvalue weighted by molar-refractivity contribution is 5.96. The smallest absolute Gasteiger partial charge is 0.335 e. The summed E-state index contributed by atoms with van der Waals surface area (Å²) in [6.07, 6.45) is 7.65. The Hall–Kier alpha value is -1.91. The first-order valence-electron chi connectivity index (χ1n) is 8.40. The van der Waals surface area contributed by atoms with Crippen molar-refractivity contribution < 1.29 is 19.1 Å². The Morgan fingerprint density at radius 2 is 1.83 bits per heavy atom. The highest BCUT2D eigenvalue weighted by atomic mass is 19.1. The first-order chi connectivity index (χ1) is 11.1. The van der Waals surface area contributed by atoms with Gasteiger partial charge in [0, 0.05) is 12.6 Å². The van der Waals surface area contributed by atoms with Crippen LogP contribution in [0.15, 0.2) is 18.2 Å². The lowest BCUT2D eigenvalue weighted by molar-refractivity contribution is 0.0614. The molecule has 0 saturated heterocycles. The van der Waals surface area contributed by atoms with Gasteiger partial charge in [0.25, 0.3) is 5.91 Å². The average Bonchev–Trinajstić information content (AvgIpc) is 3.37. The molecule has 1 aromatic carbocycles. The number of nitrogens with zero attached hydrogens (tertiary/aromatic N) is 1. The molecule has 0 aromatic heterocycles. The van der Waals surface area contributed by atoms with Gasteiger partial charge in [0.2, 0.25) is 0 Å². The number of carboxylic acid groups (broad SMARTS) is 1. The molecule has 23 heavy (non-hydrogen) atoms. The number of hydrogen-bond acceptors (Lipinski definition) is 2. The van der Waals surface area contributed by atoms with E-state index in [2.05, 4.69) is 0 Å². The Bertz CT molecular complexity index is 606. The van der Waals surface area contributed by atoms with E-state index >= 15 is 0 Å². The number of rotatable bonds is 5. The maximum absolute atomic E-state index is 14.2. The monoisotopic (exact) mass is 319 g/mol. The minimum Gasteiger partial charge on any atom is -0.478 e. The summed E-state index contributed by atoms with van der Waals surface area (Å²) in [4.78, 5) is 25.6. The van der Waals surface area contributed by atoms with Gasteiger partial charge in [-0.25, -0.2) is 9.18 Å². The number of aromatic carboxylic acids is 1. The van der Waals surface area contributed by atoms with Crippen LogP contribution in [0.25, 0.3) is 0 Å². The summed E-state index contributed by atoms with van der Waals surface area (Å²) in [7, 11) is 0. The Morgan fingerprint density at radius 1 is 1.13 bits per heavy atom. The van der Waals surface area contributed by atoms with Crippen LogP contribution in [0.1, 0.15) is 65.7 Å². The Morgan fingerprint density at radius 3 is 2.39 bits per heavy atom. The number of benzene rings is 1. The lowest BCUT2D eigenvalue weighted by atomic mass is 9.93. The molecule has 0 bridgehead atoms. The van der Waals surface area contributed by atoms with Crippen molar-refractivity contribution in [3.8, 4) is 0 Å². The molecule has 2 saturated carbocycles. The minimum absolute atomic E-state index is 0.0128. The third kappa shape index (κ3) is 3.71. The first-order valence-corrected chi connectivity index (χ1v) is 8.40. The molecule has 0 aliphatic heterocycles. The molecule has 0 spiro atoms. The predicted molar refractivity (Wildman–Crippen MR) is 84.0 cm³/mol. The lowest BCUT2D eigenvalue weighted by Gasteiger charge is -2.34. The van der Waals surface area contributed by atoms with Crippen molar-refractivity contribution in [3.05, 3.63) is 35.1 Å². The molecule has 5 heteroatoms. The molecule has 2 aliphatic rings. The SMILES string of the molecule is O=C(O)c1ccc(C(=O)N(CC2CC2)C2CCCCC2)c(F)c1.